The number of ether oxygens (including phenoxy) is 1. The summed E-state index contributed by atoms with van der Waals surface area (Å²) in [5, 5.41) is 6.85. The van der Waals surface area contributed by atoms with Gasteiger partial charge < -0.3 is 15.4 Å². The highest BCUT2D eigenvalue weighted by Gasteiger charge is 2.27. The Morgan fingerprint density at radius 1 is 1.05 bits per heavy atom. The van der Waals surface area contributed by atoms with Crippen LogP contribution < -0.4 is 15.4 Å². The van der Waals surface area contributed by atoms with Gasteiger partial charge in [0.2, 0.25) is 0 Å². The van der Waals surface area contributed by atoms with Gasteiger partial charge in [-0.2, -0.15) is 0 Å². The second kappa shape index (κ2) is 6.40. The van der Waals surface area contributed by atoms with Gasteiger partial charge >= 0.3 is 0 Å². The van der Waals surface area contributed by atoms with Crippen molar-refractivity contribution in [1.29, 1.82) is 0 Å². The summed E-state index contributed by atoms with van der Waals surface area (Å²) in [6.07, 6.45) is 0. The molecule has 0 bridgehead atoms. The van der Waals surface area contributed by atoms with Gasteiger partial charge in [0.1, 0.15) is 5.75 Å². The lowest BCUT2D eigenvalue weighted by Gasteiger charge is -2.33. The number of nitrogens with one attached hydrogen (secondary N) is 2. The summed E-state index contributed by atoms with van der Waals surface area (Å²) in [7, 11) is 3.71. The van der Waals surface area contributed by atoms with E-state index in [4.69, 9.17) is 4.74 Å². The number of likely N-dealkylation sites (N-methyl/N-ethyl adjacent to an activating group) is 1. The Morgan fingerprint density at radius 3 is 2.26 bits per heavy atom. The van der Waals surface area contributed by atoms with E-state index in [0.29, 0.717) is 0 Å². The molecule has 0 radical (unpaired) electrons. The van der Waals surface area contributed by atoms with E-state index in [1.54, 1.807) is 7.11 Å². The van der Waals surface area contributed by atoms with E-state index in [9.17, 15) is 0 Å². The minimum absolute atomic E-state index is 0.0254. The van der Waals surface area contributed by atoms with Crippen molar-refractivity contribution < 1.29 is 4.74 Å². The predicted octanol–water partition coefficient (Wildman–Crippen LogP) is 2.56. The van der Waals surface area contributed by atoms with Crippen molar-refractivity contribution in [3.05, 3.63) is 29.8 Å². The minimum Gasteiger partial charge on any atom is -0.496 e. The van der Waals surface area contributed by atoms with Crippen molar-refractivity contribution in [2.24, 2.45) is 0 Å². The van der Waals surface area contributed by atoms with Crippen LogP contribution in [0.5, 0.6) is 5.75 Å². The molecule has 0 saturated carbocycles. The molecule has 1 aromatic carbocycles. The number of hydrogen-bond donors (Lipinski definition) is 2. The van der Waals surface area contributed by atoms with Crippen molar-refractivity contribution in [3.63, 3.8) is 0 Å². The van der Waals surface area contributed by atoms with Gasteiger partial charge in [-0.25, -0.2) is 0 Å². The van der Waals surface area contributed by atoms with Crippen LogP contribution in [0.15, 0.2) is 24.3 Å². The van der Waals surface area contributed by atoms with Crippen molar-refractivity contribution >= 4 is 0 Å². The molecule has 3 nitrogen and oxygen atoms in total. The van der Waals surface area contributed by atoms with Crippen LogP contribution in [0, 0.1) is 0 Å². The molecule has 0 atom stereocenters. The average molecular weight is 264 g/mol. The zero-order valence-electron chi connectivity index (χ0n) is 13.1. The molecular weight excluding hydrogens is 236 g/mol. The highest BCUT2D eigenvalue weighted by atomic mass is 16.5. The SMILES string of the molecule is CNCC(C)(C)NCC(C)(C)c1ccccc1OC. The standard InChI is InChI=1S/C16H28N2O/c1-15(2,11-18-16(3,4)12-17-5)13-9-7-8-10-14(13)19-6/h7-10,17-18H,11-12H2,1-6H3. The maximum Gasteiger partial charge on any atom is 0.122 e. The smallest absolute Gasteiger partial charge is 0.122 e. The average Bonchev–Trinajstić information content (AvgIpc) is 2.37. The summed E-state index contributed by atoms with van der Waals surface area (Å²) < 4.78 is 5.47. The molecule has 0 saturated heterocycles. The van der Waals surface area contributed by atoms with Gasteiger partial charge in [0.05, 0.1) is 7.11 Å². The molecule has 19 heavy (non-hydrogen) atoms. The van der Waals surface area contributed by atoms with Crippen LogP contribution in [0.2, 0.25) is 0 Å². The summed E-state index contributed by atoms with van der Waals surface area (Å²) in [6, 6.07) is 8.25. The molecule has 2 N–H and O–H groups in total. The van der Waals surface area contributed by atoms with E-state index in [0.717, 1.165) is 18.8 Å². The molecule has 1 rings (SSSR count). The van der Waals surface area contributed by atoms with Crippen LogP contribution in [0.4, 0.5) is 0 Å². The molecule has 0 heterocycles. The molecule has 0 fully saturated rings. The molecule has 0 amide bonds. The monoisotopic (exact) mass is 264 g/mol. The van der Waals surface area contributed by atoms with Gasteiger partial charge in [0.15, 0.2) is 0 Å². The first-order valence-corrected chi connectivity index (χ1v) is 6.85. The first-order valence-electron chi connectivity index (χ1n) is 6.85. The van der Waals surface area contributed by atoms with Gasteiger partial charge in [-0.05, 0) is 27.0 Å². The Bertz CT molecular complexity index is 399. The van der Waals surface area contributed by atoms with E-state index in [1.165, 1.54) is 5.56 Å². The summed E-state index contributed by atoms with van der Waals surface area (Å²) in [5.41, 5.74) is 1.34. The van der Waals surface area contributed by atoms with Crippen LogP contribution >= 0.6 is 0 Å². The lowest BCUT2D eigenvalue weighted by Crippen LogP contribution is -2.50. The molecule has 0 unspecified atom stereocenters. The fourth-order valence-corrected chi connectivity index (χ4v) is 2.26. The predicted molar refractivity (Wildman–Crippen MR) is 82.0 cm³/mol. The molecule has 0 spiro atoms. The van der Waals surface area contributed by atoms with Gasteiger partial charge in [-0.1, -0.05) is 32.0 Å². The van der Waals surface area contributed by atoms with Gasteiger partial charge in [0, 0.05) is 29.6 Å². The van der Waals surface area contributed by atoms with Gasteiger partial charge in [-0.3, -0.25) is 0 Å². The number of benzene rings is 1. The highest BCUT2D eigenvalue weighted by molar-refractivity contribution is 5.39. The first kappa shape index (κ1) is 16.0. The van der Waals surface area contributed by atoms with E-state index in [1.807, 2.05) is 19.2 Å². The highest BCUT2D eigenvalue weighted by Crippen LogP contribution is 2.31. The number of para-hydroxylation sites is 1. The Kier molecular flexibility index (Phi) is 5.39. The van der Waals surface area contributed by atoms with E-state index >= 15 is 0 Å². The van der Waals surface area contributed by atoms with Crippen LogP contribution in [-0.2, 0) is 5.41 Å². The molecule has 1 aromatic rings. The van der Waals surface area contributed by atoms with Crippen molar-refractivity contribution in [2.75, 3.05) is 27.2 Å². The third kappa shape index (κ3) is 4.51. The summed E-state index contributed by atoms with van der Waals surface area (Å²) >= 11 is 0. The van der Waals surface area contributed by atoms with E-state index < -0.39 is 0 Å². The third-order valence-corrected chi connectivity index (χ3v) is 3.46. The zero-order chi connectivity index (χ0) is 14.5. The summed E-state index contributed by atoms with van der Waals surface area (Å²) in [5.74, 6) is 0.959. The molecule has 0 aliphatic rings. The van der Waals surface area contributed by atoms with Crippen LogP contribution in [0.25, 0.3) is 0 Å². The van der Waals surface area contributed by atoms with Crippen LogP contribution in [0.3, 0.4) is 0 Å². The molecule has 108 valence electrons. The quantitative estimate of drug-likeness (QED) is 0.794. The molecule has 0 aliphatic carbocycles. The number of hydrogen-bond acceptors (Lipinski definition) is 3. The molecule has 3 heteroatoms. The van der Waals surface area contributed by atoms with Crippen LogP contribution in [-0.4, -0.2) is 32.8 Å². The number of methoxy groups -OCH3 is 1. The first-order chi connectivity index (χ1) is 8.82. The van der Waals surface area contributed by atoms with E-state index in [-0.39, 0.29) is 11.0 Å². The van der Waals surface area contributed by atoms with Crippen LogP contribution in [0.1, 0.15) is 33.3 Å². The second-order valence-electron chi connectivity index (χ2n) is 6.35. The largest absolute Gasteiger partial charge is 0.496 e. The van der Waals surface area contributed by atoms with Crippen molar-refractivity contribution in [3.8, 4) is 5.75 Å². The fourth-order valence-electron chi connectivity index (χ4n) is 2.26. The summed E-state index contributed by atoms with van der Waals surface area (Å²) in [6.45, 7) is 10.8. The number of rotatable bonds is 7. The Balaban J connectivity index is 2.80. The maximum atomic E-state index is 5.47. The Hall–Kier alpha value is -1.06. The summed E-state index contributed by atoms with van der Waals surface area (Å²) in [4.78, 5) is 0. The lowest BCUT2D eigenvalue weighted by molar-refractivity contribution is 0.324. The third-order valence-electron chi connectivity index (χ3n) is 3.46. The molecular formula is C16H28N2O. The lowest BCUT2D eigenvalue weighted by atomic mass is 9.83. The zero-order valence-corrected chi connectivity index (χ0v) is 13.1. The maximum absolute atomic E-state index is 5.47. The second-order valence-corrected chi connectivity index (χ2v) is 6.35. The van der Waals surface area contributed by atoms with Gasteiger partial charge in [-0.15, -0.1) is 0 Å². The Labute approximate surface area is 117 Å². The molecule has 0 aliphatic heterocycles. The Morgan fingerprint density at radius 2 is 1.68 bits per heavy atom. The van der Waals surface area contributed by atoms with E-state index in [2.05, 4.69) is 50.5 Å². The van der Waals surface area contributed by atoms with Crippen molar-refractivity contribution in [1.82, 2.24) is 10.6 Å². The normalized spacial score (nSPS) is 12.5. The van der Waals surface area contributed by atoms with Gasteiger partial charge in [0.25, 0.3) is 0 Å². The minimum atomic E-state index is 0.0254. The fraction of sp³-hybridized carbons (Fsp3) is 0.625. The molecule has 0 aromatic heterocycles. The van der Waals surface area contributed by atoms with Crippen molar-refractivity contribution in [2.45, 2.75) is 38.6 Å². The topological polar surface area (TPSA) is 33.3 Å².